The summed E-state index contributed by atoms with van der Waals surface area (Å²) < 4.78 is 18.8. The van der Waals surface area contributed by atoms with E-state index in [1.54, 1.807) is 24.4 Å². The molecule has 2 heterocycles. The molecule has 4 N–H and O–H groups in total. The molecule has 13 heteroatoms. The van der Waals surface area contributed by atoms with Crippen molar-refractivity contribution in [2.24, 2.45) is 0 Å². The molecule has 4 aromatic rings. The molecule has 0 radical (unpaired) electrons. The lowest BCUT2D eigenvalue weighted by Crippen LogP contribution is -2.50. The largest absolute Gasteiger partial charge is 0.492 e. The van der Waals surface area contributed by atoms with Gasteiger partial charge in [-0.25, -0.2) is 0 Å². The summed E-state index contributed by atoms with van der Waals surface area (Å²) in [7, 11) is 0. The second kappa shape index (κ2) is 16.9. The van der Waals surface area contributed by atoms with Crippen LogP contribution in [0, 0.1) is 11.3 Å². The van der Waals surface area contributed by atoms with Gasteiger partial charge < -0.3 is 29.5 Å². The van der Waals surface area contributed by atoms with E-state index in [4.69, 9.17) is 37.4 Å². The van der Waals surface area contributed by atoms with E-state index in [0.717, 1.165) is 41.6 Å². The van der Waals surface area contributed by atoms with Gasteiger partial charge in [-0.05, 0) is 61.1 Å². The molecule has 0 amide bonds. The minimum atomic E-state index is -1.21. The summed E-state index contributed by atoms with van der Waals surface area (Å²) in [5.41, 5.74) is 5.63. The van der Waals surface area contributed by atoms with Crippen molar-refractivity contribution in [3.05, 3.63) is 105 Å². The molecule has 6 rings (SSSR count). The van der Waals surface area contributed by atoms with Gasteiger partial charge in [0.25, 0.3) is 0 Å². The highest BCUT2D eigenvalue weighted by molar-refractivity contribution is 6.35. The van der Waals surface area contributed by atoms with Crippen LogP contribution in [0.15, 0.2) is 67.0 Å². The van der Waals surface area contributed by atoms with Crippen LogP contribution in [0.2, 0.25) is 10.0 Å². The van der Waals surface area contributed by atoms with E-state index in [0.29, 0.717) is 70.1 Å². The van der Waals surface area contributed by atoms with Gasteiger partial charge in [0.1, 0.15) is 42.1 Å². The first kappa shape index (κ1) is 37.4. The molecular formula is C39H40Cl2N4O7. The molecular weight excluding hydrogens is 707 g/mol. The number of rotatable bonds is 16. The number of fused-ring (bicyclic) bond motifs is 1. The second-order valence-electron chi connectivity index (χ2n) is 13.1. The minimum absolute atomic E-state index is 0.0371. The molecule has 1 aliphatic heterocycles. The summed E-state index contributed by atoms with van der Waals surface area (Å²) in [5, 5.41) is 42.1. The topological polar surface area (TPSA) is 157 Å². The van der Waals surface area contributed by atoms with Crippen LogP contribution in [-0.2, 0) is 24.4 Å². The maximum atomic E-state index is 11.7. The maximum Gasteiger partial charge on any atom is 0.323 e. The van der Waals surface area contributed by atoms with Crippen LogP contribution in [0.25, 0.3) is 11.1 Å². The third-order valence-electron chi connectivity index (χ3n) is 9.25. The Morgan fingerprint density at radius 1 is 1.08 bits per heavy atom. The number of hydrogen-bond acceptors (Lipinski definition) is 10. The van der Waals surface area contributed by atoms with Crippen molar-refractivity contribution in [3.8, 4) is 34.4 Å². The number of nitrogens with one attached hydrogen (secondary N) is 1. The van der Waals surface area contributed by atoms with Crippen molar-refractivity contribution in [1.29, 1.82) is 5.26 Å². The number of ether oxygens (including phenoxy) is 3. The Morgan fingerprint density at radius 2 is 1.87 bits per heavy atom. The van der Waals surface area contributed by atoms with Crippen molar-refractivity contribution in [1.82, 2.24) is 15.2 Å². The normalized spacial score (nSPS) is 16.7. The fourth-order valence-corrected chi connectivity index (χ4v) is 7.09. The van der Waals surface area contributed by atoms with Crippen molar-refractivity contribution in [3.63, 3.8) is 0 Å². The average molecular weight is 748 g/mol. The molecule has 0 bridgehead atoms. The Labute approximate surface area is 312 Å². The molecule has 1 fully saturated rings. The summed E-state index contributed by atoms with van der Waals surface area (Å²) in [5.74, 6) is 0.210. The lowest BCUT2D eigenvalue weighted by Gasteiger charge is -2.35. The SMILES string of the molecule is C[C@@H](O)[C@H](NCc1cc(Cl)c(O[C@H]2CCc3c(-c4cccc(OCCCN5CC(O)C5)c4Cl)cccc32)cc1OCc1cncc(C#N)c1)C(=O)O. The predicted octanol–water partition coefficient (Wildman–Crippen LogP) is 5.94. The molecule has 52 heavy (non-hydrogen) atoms. The number of carbonyl (C=O) groups is 1. The van der Waals surface area contributed by atoms with Crippen molar-refractivity contribution in [2.75, 3.05) is 26.2 Å². The number of hydrogen-bond donors (Lipinski definition) is 4. The summed E-state index contributed by atoms with van der Waals surface area (Å²) in [6, 6.07) is 17.7. The van der Waals surface area contributed by atoms with Gasteiger partial charge >= 0.3 is 5.97 Å². The second-order valence-corrected chi connectivity index (χ2v) is 13.8. The first-order valence-corrected chi connectivity index (χ1v) is 17.9. The van der Waals surface area contributed by atoms with Gasteiger partial charge in [-0.3, -0.25) is 20.0 Å². The van der Waals surface area contributed by atoms with E-state index in [1.807, 2.05) is 30.3 Å². The van der Waals surface area contributed by atoms with E-state index < -0.39 is 18.1 Å². The molecule has 0 saturated carbocycles. The first-order chi connectivity index (χ1) is 25.1. The first-order valence-electron chi connectivity index (χ1n) is 17.1. The molecule has 1 saturated heterocycles. The fraction of sp³-hybridized carbons (Fsp3) is 0.359. The van der Waals surface area contributed by atoms with E-state index in [-0.39, 0.29) is 25.4 Å². The van der Waals surface area contributed by atoms with Gasteiger partial charge in [0, 0.05) is 61.3 Å². The third-order valence-corrected chi connectivity index (χ3v) is 9.93. The highest BCUT2D eigenvalue weighted by atomic mass is 35.5. The number of carboxylic acids is 1. The summed E-state index contributed by atoms with van der Waals surface area (Å²) >= 11 is 13.7. The van der Waals surface area contributed by atoms with Crippen molar-refractivity contribution < 1.29 is 34.3 Å². The quantitative estimate of drug-likeness (QED) is 0.101. The van der Waals surface area contributed by atoms with Gasteiger partial charge in [0.05, 0.1) is 34.4 Å². The lowest BCUT2D eigenvalue weighted by molar-refractivity contribution is -0.142. The highest BCUT2D eigenvalue weighted by Gasteiger charge is 2.29. The molecule has 2 aliphatic rings. The van der Waals surface area contributed by atoms with Gasteiger partial charge in [0.15, 0.2) is 0 Å². The lowest BCUT2D eigenvalue weighted by atomic mass is 9.96. The smallest absolute Gasteiger partial charge is 0.323 e. The standard InChI is InChI=1S/C39H40Cl2N4O7/c1-23(46)38(39(48)49)44-19-26-14-32(40)36(15-35(26)51-22-25-13-24(16-42)17-43-18-25)52-33-10-9-29-28(5-2-6-30(29)33)31-7-3-8-34(37(31)41)50-12-4-11-45-20-27(47)21-45/h2-3,5-8,13-15,17-18,23,27,33,38,44,46-47H,4,9-12,19-22H2,1H3,(H,48,49)/t23-,33+,38+/m1/s1. The zero-order valence-electron chi connectivity index (χ0n) is 28.6. The minimum Gasteiger partial charge on any atom is -0.492 e. The zero-order valence-corrected chi connectivity index (χ0v) is 30.1. The van der Waals surface area contributed by atoms with E-state index >= 15 is 0 Å². The van der Waals surface area contributed by atoms with Crippen LogP contribution in [0.4, 0.5) is 0 Å². The number of halogens is 2. The summed E-state index contributed by atoms with van der Waals surface area (Å²) in [4.78, 5) is 18.0. The monoisotopic (exact) mass is 746 g/mol. The number of aromatic nitrogens is 1. The molecule has 0 spiro atoms. The summed E-state index contributed by atoms with van der Waals surface area (Å²) in [6.07, 6.45) is 3.66. The van der Waals surface area contributed by atoms with Gasteiger partial charge in [-0.1, -0.05) is 53.5 Å². The Morgan fingerprint density at radius 3 is 2.62 bits per heavy atom. The van der Waals surface area contributed by atoms with Crippen LogP contribution < -0.4 is 19.5 Å². The average Bonchev–Trinajstić information content (AvgIpc) is 3.53. The van der Waals surface area contributed by atoms with Crippen LogP contribution >= 0.6 is 23.2 Å². The Hall–Kier alpha value is -4.41. The predicted molar refractivity (Wildman–Crippen MR) is 196 cm³/mol. The van der Waals surface area contributed by atoms with E-state index in [1.165, 1.54) is 13.1 Å². The third kappa shape index (κ3) is 8.78. The van der Waals surface area contributed by atoms with Crippen molar-refractivity contribution in [2.45, 2.75) is 63.7 Å². The number of aliphatic hydroxyl groups excluding tert-OH is 2. The number of nitrogens with zero attached hydrogens (tertiary/aromatic N) is 3. The van der Waals surface area contributed by atoms with Gasteiger partial charge in [0.2, 0.25) is 0 Å². The van der Waals surface area contributed by atoms with E-state index in [2.05, 4.69) is 27.3 Å². The molecule has 11 nitrogen and oxygen atoms in total. The summed E-state index contributed by atoms with van der Waals surface area (Å²) in [6.45, 7) is 4.31. The number of benzene rings is 3. The van der Waals surface area contributed by atoms with Gasteiger partial charge in [-0.2, -0.15) is 5.26 Å². The van der Waals surface area contributed by atoms with E-state index in [9.17, 15) is 25.4 Å². The van der Waals surface area contributed by atoms with Crippen LogP contribution in [0.1, 0.15) is 53.7 Å². The Balaban J connectivity index is 1.21. The Kier molecular flexibility index (Phi) is 12.2. The molecule has 3 aromatic carbocycles. The number of β-amino-alcohol motifs (C(OH)–C–C–N with tert-alkyl or cyclic N) is 1. The van der Waals surface area contributed by atoms with Crippen LogP contribution in [-0.4, -0.2) is 75.7 Å². The molecule has 1 aliphatic carbocycles. The Bertz CT molecular complexity index is 1950. The molecule has 272 valence electrons. The van der Waals surface area contributed by atoms with Crippen LogP contribution in [0.3, 0.4) is 0 Å². The number of pyridine rings is 1. The number of aliphatic hydroxyl groups is 2. The van der Waals surface area contributed by atoms with Crippen molar-refractivity contribution >= 4 is 29.2 Å². The number of nitriles is 1. The zero-order chi connectivity index (χ0) is 36.8. The highest BCUT2D eigenvalue weighted by Crippen LogP contribution is 2.45. The van der Waals surface area contributed by atoms with Crippen LogP contribution in [0.5, 0.6) is 17.2 Å². The molecule has 3 atom stereocenters. The number of aliphatic carboxylic acids is 1. The molecule has 0 unspecified atom stereocenters. The number of carboxylic acid groups (broad SMARTS) is 1. The molecule has 1 aromatic heterocycles. The number of likely N-dealkylation sites (tertiary alicyclic amines) is 1. The van der Waals surface area contributed by atoms with Gasteiger partial charge in [-0.15, -0.1) is 0 Å². The maximum absolute atomic E-state index is 11.7. The fourth-order valence-electron chi connectivity index (χ4n) is 6.58.